The number of nitrogens with one attached hydrogen (secondary N) is 2. The number of carbonyl (C=O) groups excluding carboxylic acids is 2. The molecular weight excluding hydrogens is 314 g/mol. The molecule has 24 heavy (non-hydrogen) atoms. The average Bonchev–Trinajstić information content (AvgIpc) is 3.03. The minimum absolute atomic E-state index is 0.0991. The highest BCUT2D eigenvalue weighted by molar-refractivity contribution is 6.02. The maximum absolute atomic E-state index is 12.1. The Morgan fingerprint density at radius 3 is 2.38 bits per heavy atom. The molecule has 0 atom stereocenters. The van der Waals surface area contributed by atoms with Gasteiger partial charge in [0.25, 0.3) is 11.8 Å². The molecule has 0 fully saturated rings. The lowest BCUT2D eigenvalue weighted by molar-refractivity contribution is -0.135. The zero-order chi connectivity index (χ0) is 17.7. The van der Waals surface area contributed by atoms with Crippen LogP contribution in [-0.2, 0) is 4.79 Å². The molecule has 1 aromatic heterocycles. The van der Waals surface area contributed by atoms with Gasteiger partial charge < -0.3 is 20.3 Å². The van der Waals surface area contributed by atoms with Crippen molar-refractivity contribution in [2.75, 3.05) is 11.9 Å². The summed E-state index contributed by atoms with van der Waals surface area (Å²) >= 11 is 0. The SMILES string of the molecule is CC(C)c1cc(C(=O)Nc2ccc(C(=O)NCC(=O)O)cc2)on1. The first-order valence-electron chi connectivity index (χ1n) is 7.25. The lowest BCUT2D eigenvalue weighted by Crippen LogP contribution is -2.29. The second-order valence-electron chi connectivity index (χ2n) is 5.38. The predicted molar refractivity (Wildman–Crippen MR) is 85.0 cm³/mol. The van der Waals surface area contributed by atoms with Crippen molar-refractivity contribution in [1.29, 1.82) is 0 Å². The largest absolute Gasteiger partial charge is 0.480 e. The van der Waals surface area contributed by atoms with Crippen molar-refractivity contribution in [2.45, 2.75) is 19.8 Å². The third kappa shape index (κ3) is 4.42. The molecule has 8 heteroatoms. The molecule has 2 aromatic rings. The molecule has 126 valence electrons. The lowest BCUT2D eigenvalue weighted by Gasteiger charge is -2.05. The van der Waals surface area contributed by atoms with E-state index in [0.29, 0.717) is 11.4 Å². The van der Waals surface area contributed by atoms with E-state index < -0.39 is 24.3 Å². The van der Waals surface area contributed by atoms with Crippen LogP contribution in [0.4, 0.5) is 5.69 Å². The van der Waals surface area contributed by atoms with E-state index in [2.05, 4.69) is 15.8 Å². The number of hydrogen-bond donors (Lipinski definition) is 3. The molecule has 2 amide bonds. The minimum Gasteiger partial charge on any atom is -0.480 e. The monoisotopic (exact) mass is 331 g/mol. The number of anilines is 1. The number of carboxylic acid groups (broad SMARTS) is 1. The molecular formula is C16H17N3O5. The number of amides is 2. The molecule has 0 saturated carbocycles. The van der Waals surface area contributed by atoms with Gasteiger partial charge in [-0.25, -0.2) is 0 Å². The number of nitrogens with zero attached hydrogens (tertiary/aromatic N) is 1. The van der Waals surface area contributed by atoms with Crippen molar-refractivity contribution >= 4 is 23.5 Å². The number of carboxylic acids is 1. The molecule has 0 bridgehead atoms. The van der Waals surface area contributed by atoms with Gasteiger partial charge in [-0.05, 0) is 30.2 Å². The van der Waals surface area contributed by atoms with Crippen molar-refractivity contribution in [3.05, 3.63) is 47.3 Å². The molecule has 2 rings (SSSR count). The highest BCUT2D eigenvalue weighted by Crippen LogP contribution is 2.16. The smallest absolute Gasteiger partial charge is 0.322 e. The van der Waals surface area contributed by atoms with Crippen LogP contribution in [0.2, 0.25) is 0 Å². The van der Waals surface area contributed by atoms with Crippen LogP contribution < -0.4 is 10.6 Å². The van der Waals surface area contributed by atoms with E-state index in [9.17, 15) is 14.4 Å². The molecule has 8 nitrogen and oxygen atoms in total. The molecule has 3 N–H and O–H groups in total. The molecule has 0 aliphatic rings. The number of rotatable bonds is 6. The first-order valence-corrected chi connectivity index (χ1v) is 7.25. The number of aliphatic carboxylic acids is 1. The van der Waals surface area contributed by atoms with Gasteiger partial charge in [-0.3, -0.25) is 14.4 Å². The lowest BCUT2D eigenvalue weighted by atomic mass is 10.1. The zero-order valence-corrected chi connectivity index (χ0v) is 13.2. The Balaban J connectivity index is 1.99. The first kappa shape index (κ1) is 17.2. The Morgan fingerprint density at radius 2 is 1.83 bits per heavy atom. The molecule has 0 saturated heterocycles. The fraction of sp³-hybridized carbons (Fsp3) is 0.250. The zero-order valence-electron chi connectivity index (χ0n) is 13.2. The summed E-state index contributed by atoms with van der Waals surface area (Å²) < 4.78 is 4.99. The van der Waals surface area contributed by atoms with Gasteiger partial charge in [0, 0.05) is 17.3 Å². The fourth-order valence-electron chi connectivity index (χ4n) is 1.82. The van der Waals surface area contributed by atoms with E-state index in [4.69, 9.17) is 9.63 Å². The predicted octanol–water partition coefficient (Wildman–Crippen LogP) is 1.86. The summed E-state index contributed by atoms with van der Waals surface area (Å²) in [7, 11) is 0. The molecule has 0 aliphatic heterocycles. The summed E-state index contributed by atoms with van der Waals surface area (Å²) in [4.78, 5) is 34.2. The molecule has 1 heterocycles. The highest BCUT2D eigenvalue weighted by Gasteiger charge is 2.15. The van der Waals surface area contributed by atoms with Crippen LogP contribution in [0.3, 0.4) is 0 Å². The number of carbonyl (C=O) groups is 3. The Kier molecular flexibility index (Phi) is 5.31. The minimum atomic E-state index is -1.12. The van der Waals surface area contributed by atoms with E-state index in [-0.39, 0.29) is 17.2 Å². The summed E-state index contributed by atoms with van der Waals surface area (Å²) in [5.74, 6) is -1.83. The van der Waals surface area contributed by atoms with E-state index in [1.807, 2.05) is 13.8 Å². The van der Waals surface area contributed by atoms with Gasteiger partial charge in [0.15, 0.2) is 0 Å². The summed E-state index contributed by atoms with van der Waals surface area (Å²) in [5, 5.41) is 17.2. The van der Waals surface area contributed by atoms with Crippen molar-refractivity contribution < 1.29 is 24.0 Å². The van der Waals surface area contributed by atoms with Crippen molar-refractivity contribution in [3.63, 3.8) is 0 Å². The second kappa shape index (κ2) is 7.40. The summed E-state index contributed by atoms with van der Waals surface area (Å²) in [6, 6.07) is 7.60. The fourth-order valence-corrected chi connectivity index (χ4v) is 1.82. The Hall–Kier alpha value is -3.16. The van der Waals surface area contributed by atoms with Crippen LogP contribution in [0.25, 0.3) is 0 Å². The normalized spacial score (nSPS) is 10.5. The summed E-state index contributed by atoms with van der Waals surface area (Å²) in [6.45, 7) is 3.42. The van der Waals surface area contributed by atoms with Crippen LogP contribution in [0, 0.1) is 0 Å². The molecule has 0 unspecified atom stereocenters. The second-order valence-corrected chi connectivity index (χ2v) is 5.38. The number of benzene rings is 1. The van der Waals surface area contributed by atoms with Crippen molar-refractivity contribution in [2.24, 2.45) is 0 Å². The standard InChI is InChI=1S/C16H17N3O5/c1-9(2)12-7-13(24-19-12)16(23)18-11-5-3-10(4-6-11)15(22)17-8-14(20)21/h3-7,9H,8H2,1-2H3,(H,17,22)(H,18,23)(H,20,21). The van der Waals surface area contributed by atoms with E-state index in [1.54, 1.807) is 6.07 Å². The molecule has 1 aromatic carbocycles. The third-order valence-electron chi connectivity index (χ3n) is 3.15. The Bertz CT molecular complexity index is 749. The van der Waals surface area contributed by atoms with Crippen LogP contribution >= 0.6 is 0 Å². The van der Waals surface area contributed by atoms with Gasteiger partial charge in [-0.15, -0.1) is 0 Å². The van der Waals surface area contributed by atoms with Gasteiger partial charge in [0.05, 0.1) is 5.69 Å². The van der Waals surface area contributed by atoms with E-state index in [1.165, 1.54) is 24.3 Å². The molecule has 0 spiro atoms. The Morgan fingerprint density at radius 1 is 1.17 bits per heavy atom. The highest BCUT2D eigenvalue weighted by atomic mass is 16.5. The van der Waals surface area contributed by atoms with Gasteiger partial charge in [-0.2, -0.15) is 0 Å². The maximum atomic E-state index is 12.1. The van der Waals surface area contributed by atoms with Gasteiger partial charge in [-0.1, -0.05) is 19.0 Å². The van der Waals surface area contributed by atoms with E-state index >= 15 is 0 Å². The number of hydrogen-bond acceptors (Lipinski definition) is 5. The van der Waals surface area contributed by atoms with Gasteiger partial charge in [0.2, 0.25) is 5.76 Å². The quantitative estimate of drug-likeness (QED) is 0.743. The van der Waals surface area contributed by atoms with Gasteiger partial charge in [0.1, 0.15) is 6.54 Å². The Labute approximate surface area is 137 Å². The summed E-state index contributed by atoms with van der Waals surface area (Å²) in [5.41, 5.74) is 1.44. The van der Waals surface area contributed by atoms with Crippen LogP contribution in [0.1, 0.15) is 46.4 Å². The first-order chi connectivity index (χ1) is 11.4. The third-order valence-corrected chi connectivity index (χ3v) is 3.15. The maximum Gasteiger partial charge on any atom is 0.322 e. The van der Waals surface area contributed by atoms with E-state index in [0.717, 1.165) is 0 Å². The van der Waals surface area contributed by atoms with Crippen molar-refractivity contribution in [1.82, 2.24) is 10.5 Å². The van der Waals surface area contributed by atoms with Crippen LogP contribution in [0.5, 0.6) is 0 Å². The van der Waals surface area contributed by atoms with Crippen molar-refractivity contribution in [3.8, 4) is 0 Å². The van der Waals surface area contributed by atoms with Crippen LogP contribution in [-0.4, -0.2) is 34.6 Å². The topological polar surface area (TPSA) is 122 Å². The van der Waals surface area contributed by atoms with Gasteiger partial charge >= 0.3 is 5.97 Å². The summed E-state index contributed by atoms with van der Waals surface area (Å²) in [6.07, 6.45) is 0. The molecule has 0 aliphatic carbocycles. The van der Waals surface area contributed by atoms with Crippen LogP contribution in [0.15, 0.2) is 34.9 Å². The number of aromatic nitrogens is 1. The average molecular weight is 331 g/mol. The molecule has 0 radical (unpaired) electrons.